The molecule has 0 saturated heterocycles. The van der Waals surface area contributed by atoms with E-state index in [2.05, 4.69) is 38.1 Å². The van der Waals surface area contributed by atoms with E-state index < -0.39 is 0 Å². The van der Waals surface area contributed by atoms with Gasteiger partial charge in [0, 0.05) is 4.90 Å². The van der Waals surface area contributed by atoms with Crippen molar-refractivity contribution >= 4 is 11.8 Å². The lowest BCUT2D eigenvalue weighted by Gasteiger charge is -2.02. The smallest absolute Gasteiger partial charge is 0.00745 e. The Bertz CT molecular complexity index is 243. The standard InChI is InChI=1S/C12H18S/c1-3-5-7-11-8-6-9-12(10-11)13-4-2/h6,8-10H,3-5,7H2,1-2H3. The first-order chi connectivity index (χ1) is 6.36. The van der Waals surface area contributed by atoms with Crippen LogP contribution in [0.3, 0.4) is 0 Å². The Balaban J connectivity index is 2.56. The highest BCUT2D eigenvalue weighted by atomic mass is 32.2. The summed E-state index contributed by atoms with van der Waals surface area (Å²) >= 11 is 1.92. The first-order valence-corrected chi connectivity index (χ1v) is 6.07. The van der Waals surface area contributed by atoms with Crippen molar-refractivity contribution in [3.8, 4) is 0 Å². The zero-order valence-corrected chi connectivity index (χ0v) is 9.36. The predicted octanol–water partition coefficient (Wildman–Crippen LogP) is 4.14. The number of thioether (sulfide) groups is 1. The number of hydrogen-bond acceptors (Lipinski definition) is 1. The molecule has 0 nitrogen and oxygen atoms in total. The average Bonchev–Trinajstić information content (AvgIpc) is 2.16. The molecule has 0 aromatic heterocycles. The molecule has 0 aliphatic heterocycles. The van der Waals surface area contributed by atoms with Crippen LogP contribution < -0.4 is 0 Å². The lowest BCUT2D eigenvalue weighted by molar-refractivity contribution is 0.793. The van der Waals surface area contributed by atoms with Crippen molar-refractivity contribution in [1.82, 2.24) is 0 Å². The fourth-order valence-corrected chi connectivity index (χ4v) is 2.08. The van der Waals surface area contributed by atoms with E-state index in [-0.39, 0.29) is 0 Å². The quantitative estimate of drug-likeness (QED) is 0.635. The van der Waals surface area contributed by atoms with Gasteiger partial charge in [-0.2, -0.15) is 0 Å². The topological polar surface area (TPSA) is 0 Å². The SMILES string of the molecule is CCCCc1cccc(SCC)c1. The molecule has 0 atom stereocenters. The number of rotatable bonds is 5. The van der Waals surface area contributed by atoms with E-state index in [4.69, 9.17) is 0 Å². The van der Waals surface area contributed by atoms with Crippen LogP contribution in [0.5, 0.6) is 0 Å². The second-order valence-corrected chi connectivity index (χ2v) is 4.52. The molecule has 1 heteroatoms. The molecule has 0 heterocycles. The molecule has 0 fully saturated rings. The lowest BCUT2D eigenvalue weighted by atomic mass is 10.1. The van der Waals surface area contributed by atoms with Crippen LogP contribution in [-0.4, -0.2) is 5.75 Å². The molecule has 13 heavy (non-hydrogen) atoms. The fourth-order valence-electron chi connectivity index (χ4n) is 1.34. The van der Waals surface area contributed by atoms with Crippen LogP contribution >= 0.6 is 11.8 Å². The average molecular weight is 194 g/mol. The third-order valence-corrected chi connectivity index (χ3v) is 2.90. The van der Waals surface area contributed by atoms with Crippen molar-refractivity contribution in [2.24, 2.45) is 0 Å². The number of hydrogen-bond donors (Lipinski definition) is 0. The third-order valence-electron chi connectivity index (χ3n) is 2.03. The van der Waals surface area contributed by atoms with Gasteiger partial charge in [-0.15, -0.1) is 11.8 Å². The van der Waals surface area contributed by atoms with Gasteiger partial charge in [-0.05, 0) is 36.3 Å². The molecule has 1 rings (SSSR count). The Morgan fingerprint density at radius 3 is 2.77 bits per heavy atom. The van der Waals surface area contributed by atoms with Gasteiger partial charge in [0.25, 0.3) is 0 Å². The van der Waals surface area contributed by atoms with Gasteiger partial charge < -0.3 is 0 Å². The van der Waals surface area contributed by atoms with E-state index in [9.17, 15) is 0 Å². The number of aryl methyl sites for hydroxylation is 1. The molecule has 0 aliphatic carbocycles. The van der Waals surface area contributed by atoms with Gasteiger partial charge in [-0.25, -0.2) is 0 Å². The van der Waals surface area contributed by atoms with Crippen LogP contribution in [0.2, 0.25) is 0 Å². The Kier molecular flexibility index (Phi) is 4.99. The molecule has 0 saturated carbocycles. The van der Waals surface area contributed by atoms with Crippen LogP contribution in [0.1, 0.15) is 32.3 Å². The van der Waals surface area contributed by atoms with Gasteiger partial charge in [-0.3, -0.25) is 0 Å². The van der Waals surface area contributed by atoms with Crippen molar-refractivity contribution < 1.29 is 0 Å². The van der Waals surface area contributed by atoms with Crippen molar-refractivity contribution in [1.29, 1.82) is 0 Å². The van der Waals surface area contributed by atoms with E-state index >= 15 is 0 Å². The molecule has 0 bridgehead atoms. The zero-order valence-electron chi connectivity index (χ0n) is 8.55. The summed E-state index contributed by atoms with van der Waals surface area (Å²) in [5.74, 6) is 1.16. The molecule has 1 aromatic rings. The Morgan fingerprint density at radius 2 is 2.08 bits per heavy atom. The Hall–Kier alpha value is -0.430. The minimum atomic E-state index is 1.16. The second-order valence-electron chi connectivity index (χ2n) is 3.18. The summed E-state index contributed by atoms with van der Waals surface area (Å²) in [6.45, 7) is 4.44. The highest BCUT2D eigenvalue weighted by Crippen LogP contribution is 2.19. The minimum absolute atomic E-state index is 1.16. The summed E-state index contributed by atoms with van der Waals surface area (Å²) in [6.07, 6.45) is 3.82. The molecule has 0 unspecified atom stereocenters. The van der Waals surface area contributed by atoms with Crippen molar-refractivity contribution in [2.45, 2.75) is 38.0 Å². The van der Waals surface area contributed by atoms with Crippen LogP contribution in [0, 0.1) is 0 Å². The van der Waals surface area contributed by atoms with Crippen molar-refractivity contribution in [3.63, 3.8) is 0 Å². The third kappa shape index (κ3) is 3.86. The van der Waals surface area contributed by atoms with Gasteiger partial charge in [0.2, 0.25) is 0 Å². The molecule has 0 amide bonds. The van der Waals surface area contributed by atoms with E-state index in [1.165, 1.54) is 29.7 Å². The highest BCUT2D eigenvalue weighted by Gasteiger charge is 1.95. The zero-order chi connectivity index (χ0) is 9.52. The second kappa shape index (κ2) is 6.09. The number of unbranched alkanes of at least 4 members (excludes halogenated alkanes) is 1. The Labute approximate surface area is 85.7 Å². The van der Waals surface area contributed by atoms with E-state index in [0.29, 0.717) is 0 Å². The minimum Gasteiger partial charge on any atom is -0.126 e. The first kappa shape index (κ1) is 10.6. The summed E-state index contributed by atoms with van der Waals surface area (Å²) in [5.41, 5.74) is 1.49. The van der Waals surface area contributed by atoms with E-state index in [1.807, 2.05) is 11.8 Å². The van der Waals surface area contributed by atoms with Crippen molar-refractivity contribution in [3.05, 3.63) is 29.8 Å². The maximum atomic E-state index is 2.32. The maximum Gasteiger partial charge on any atom is 0.00745 e. The molecule has 0 aliphatic rings. The van der Waals surface area contributed by atoms with Crippen LogP contribution in [-0.2, 0) is 6.42 Å². The summed E-state index contributed by atoms with van der Waals surface area (Å²) in [5, 5.41) is 0. The van der Waals surface area contributed by atoms with Crippen LogP contribution in [0.15, 0.2) is 29.2 Å². The van der Waals surface area contributed by atoms with Gasteiger partial charge in [0.15, 0.2) is 0 Å². The van der Waals surface area contributed by atoms with Gasteiger partial charge in [0.05, 0.1) is 0 Å². The van der Waals surface area contributed by atoms with Gasteiger partial charge >= 0.3 is 0 Å². The molecule has 1 aromatic carbocycles. The summed E-state index contributed by atoms with van der Waals surface area (Å²) in [6, 6.07) is 8.92. The summed E-state index contributed by atoms with van der Waals surface area (Å²) < 4.78 is 0. The molecular formula is C12H18S. The largest absolute Gasteiger partial charge is 0.126 e. The van der Waals surface area contributed by atoms with E-state index in [0.717, 1.165) is 5.75 Å². The van der Waals surface area contributed by atoms with Gasteiger partial charge in [0.1, 0.15) is 0 Å². The highest BCUT2D eigenvalue weighted by molar-refractivity contribution is 7.99. The van der Waals surface area contributed by atoms with Crippen molar-refractivity contribution in [2.75, 3.05) is 5.75 Å². The molecule has 0 radical (unpaired) electrons. The Morgan fingerprint density at radius 1 is 1.23 bits per heavy atom. The summed E-state index contributed by atoms with van der Waals surface area (Å²) in [4.78, 5) is 1.41. The molecule has 72 valence electrons. The molecule has 0 N–H and O–H groups in total. The number of benzene rings is 1. The monoisotopic (exact) mass is 194 g/mol. The maximum absolute atomic E-state index is 2.32. The molecular weight excluding hydrogens is 176 g/mol. The van der Waals surface area contributed by atoms with E-state index in [1.54, 1.807) is 0 Å². The van der Waals surface area contributed by atoms with Crippen LogP contribution in [0.4, 0.5) is 0 Å². The van der Waals surface area contributed by atoms with Gasteiger partial charge in [-0.1, -0.05) is 32.4 Å². The summed E-state index contributed by atoms with van der Waals surface area (Å²) in [7, 11) is 0. The fraction of sp³-hybridized carbons (Fsp3) is 0.500. The predicted molar refractivity (Wildman–Crippen MR) is 61.5 cm³/mol. The van der Waals surface area contributed by atoms with Crippen LogP contribution in [0.25, 0.3) is 0 Å². The lowest BCUT2D eigenvalue weighted by Crippen LogP contribution is -1.84. The first-order valence-electron chi connectivity index (χ1n) is 5.08. The molecule has 0 spiro atoms. The normalized spacial score (nSPS) is 10.3.